The van der Waals surface area contributed by atoms with Gasteiger partial charge in [-0.3, -0.25) is 19.5 Å². The minimum absolute atomic E-state index is 0.123. The molecule has 0 aromatic carbocycles. The highest BCUT2D eigenvalue weighted by molar-refractivity contribution is 7.09. The Morgan fingerprint density at radius 2 is 2.47 bits per heavy atom. The minimum atomic E-state index is -0.371. The number of likely N-dealkylation sites (N-methyl/N-ethyl adjacent to an activating group) is 1. The lowest BCUT2D eigenvalue weighted by Gasteiger charge is -2.09. The molecular weight excluding hydrogens is 214 g/mol. The number of aromatic nitrogens is 1. The molecule has 0 bridgehead atoms. The van der Waals surface area contributed by atoms with E-state index in [9.17, 15) is 9.59 Å². The van der Waals surface area contributed by atoms with Gasteiger partial charge in [-0.2, -0.15) is 0 Å². The summed E-state index contributed by atoms with van der Waals surface area (Å²) in [6.07, 6.45) is 2.01. The molecule has 6 heteroatoms. The SMILES string of the molecule is CN1C(=O)CC(NCc2cncs2)C1=O. The summed E-state index contributed by atoms with van der Waals surface area (Å²) in [5, 5.41) is 3.05. The molecule has 15 heavy (non-hydrogen) atoms. The molecule has 1 N–H and O–H groups in total. The van der Waals surface area contributed by atoms with Crippen molar-refractivity contribution >= 4 is 23.2 Å². The van der Waals surface area contributed by atoms with Crippen LogP contribution < -0.4 is 5.32 Å². The van der Waals surface area contributed by atoms with Crippen molar-refractivity contribution in [3.05, 3.63) is 16.6 Å². The van der Waals surface area contributed by atoms with Crippen molar-refractivity contribution in [1.29, 1.82) is 0 Å². The van der Waals surface area contributed by atoms with Gasteiger partial charge in [0.2, 0.25) is 11.8 Å². The average Bonchev–Trinajstić information content (AvgIpc) is 2.80. The maximum atomic E-state index is 11.5. The van der Waals surface area contributed by atoms with E-state index in [1.165, 1.54) is 23.3 Å². The fourth-order valence-corrected chi connectivity index (χ4v) is 2.01. The maximum Gasteiger partial charge on any atom is 0.246 e. The van der Waals surface area contributed by atoms with Crippen molar-refractivity contribution in [2.24, 2.45) is 0 Å². The molecule has 1 atom stereocenters. The Bertz CT molecular complexity index is 377. The Hall–Kier alpha value is -1.27. The van der Waals surface area contributed by atoms with Gasteiger partial charge in [0.15, 0.2) is 0 Å². The van der Waals surface area contributed by atoms with E-state index < -0.39 is 0 Å². The number of amides is 2. The Morgan fingerprint density at radius 1 is 1.67 bits per heavy atom. The maximum absolute atomic E-state index is 11.5. The number of nitrogens with one attached hydrogen (secondary N) is 1. The number of nitrogens with zero attached hydrogens (tertiary/aromatic N) is 2. The molecule has 0 saturated carbocycles. The van der Waals surface area contributed by atoms with Crippen molar-refractivity contribution in [2.45, 2.75) is 19.0 Å². The normalized spacial score (nSPS) is 21.4. The van der Waals surface area contributed by atoms with E-state index in [-0.39, 0.29) is 24.3 Å². The first-order valence-electron chi connectivity index (χ1n) is 4.59. The molecule has 1 aliphatic heterocycles. The summed E-state index contributed by atoms with van der Waals surface area (Å²) < 4.78 is 0. The summed E-state index contributed by atoms with van der Waals surface area (Å²) in [5.74, 6) is -0.272. The van der Waals surface area contributed by atoms with E-state index >= 15 is 0 Å². The van der Waals surface area contributed by atoms with Crippen LogP contribution in [0.5, 0.6) is 0 Å². The molecule has 1 aliphatic rings. The molecule has 1 saturated heterocycles. The largest absolute Gasteiger partial charge is 0.300 e. The molecule has 2 amide bonds. The molecule has 2 rings (SSSR count). The van der Waals surface area contributed by atoms with Crippen molar-refractivity contribution in [3.63, 3.8) is 0 Å². The van der Waals surface area contributed by atoms with Crippen LogP contribution >= 0.6 is 11.3 Å². The highest BCUT2D eigenvalue weighted by Crippen LogP contribution is 2.12. The van der Waals surface area contributed by atoms with Crippen LogP contribution in [0.25, 0.3) is 0 Å². The molecule has 1 aromatic heterocycles. The summed E-state index contributed by atoms with van der Waals surface area (Å²) in [7, 11) is 1.51. The Labute approximate surface area is 91.1 Å². The van der Waals surface area contributed by atoms with Gasteiger partial charge in [0.25, 0.3) is 0 Å². The Balaban J connectivity index is 1.91. The van der Waals surface area contributed by atoms with Crippen LogP contribution in [0.15, 0.2) is 11.7 Å². The minimum Gasteiger partial charge on any atom is -0.300 e. The lowest BCUT2D eigenvalue weighted by Crippen LogP contribution is -2.36. The third kappa shape index (κ3) is 2.05. The molecule has 2 heterocycles. The first-order valence-corrected chi connectivity index (χ1v) is 5.47. The Morgan fingerprint density at radius 3 is 3.00 bits per heavy atom. The van der Waals surface area contributed by atoms with E-state index in [0.29, 0.717) is 6.54 Å². The quantitative estimate of drug-likeness (QED) is 0.735. The van der Waals surface area contributed by atoms with Crippen molar-refractivity contribution in [3.8, 4) is 0 Å². The fourth-order valence-electron chi connectivity index (χ4n) is 1.47. The zero-order valence-corrected chi connectivity index (χ0v) is 9.08. The number of imide groups is 1. The predicted molar refractivity (Wildman–Crippen MR) is 55.1 cm³/mol. The van der Waals surface area contributed by atoms with Crippen molar-refractivity contribution < 1.29 is 9.59 Å². The molecule has 0 radical (unpaired) electrons. The monoisotopic (exact) mass is 225 g/mol. The number of thiazole rings is 1. The molecular formula is C9H11N3O2S. The second-order valence-corrected chi connectivity index (χ2v) is 4.37. The average molecular weight is 225 g/mol. The number of carbonyl (C=O) groups excluding carboxylic acids is 2. The van der Waals surface area contributed by atoms with Crippen LogP contribution in [-0.2, 0) is 16.1 Å². The predicted octanol–water partition coefficient (Wildman–Crippen LogP) is -0.0100. The van der Waals surface area contributed by atoms with E-state index in [1.807, 2.05) is 0 Å². The van der Waals surface area contributed by atoms with E-state index in [0.717, 1.165) is 4.88 Å². The van der Waals surface area contributed by atoms with E-state index in [2.05, 4.69) is 10.3 Å². The van der Waals surface area contributed by atoms with Gasteiger partial charge in [0, 0.05) is 24.7 Å². The summed E-state index contributed by atoms with van der Waals surface area (Å²) in [6.45, 7) is 0.586. The van der Waals surface area contributed by atoms with E-state index in [4.69, 9.17) is 0 Å². The fraction of sp³-hybridized carbons (Fsp3) is 0.444. The summed E-state index contributed by atoms with van der Waals surface area (Å²) in [6, 6.07) is -0.371. The van der Waals surface area contributed by atoms with Crippen LogP contribution in [0.1, 0.15) is 11.3 Å². The summed E-state index contributed by atoms with van der Waals surface area (Å²) in [4.78, 5) is 28.9. The topological polar surface area (TPSA) is 62.3 Å². The first kappa shape index (κ1) is 10.3. The zero-order valence-electron chi connectivity index (χ0n) is 8.27. The van der Waals surface area contributed by atoms with Gasteiger partial charge >= 0.3 is 0 Å². The number of rotatable bonds is 3. The third-order valence-electron chi connectivity index (χ3n) is 2.39. The van der Waals surface area contributed by atoms with Gasteiger partial charge in [-0.15, -0.1) is 11.3 Å². The van der Waals surface area contributed by atoms with Crippen molar-refractivity contribution in [2.75, 3.05) is 7.05 Å². The third-order valence-corrected chi connectivity index (χ3v) is 3.17. The van der Waals surface area contributed by atoms with E-state index in [1.54, 1.807) is 11.7 Å². The smallest absolute Gasteiger partial charge is 0.246 e. The second-order valence-electron chi connectivity index (χ2n) is 3.40. The van der Waals surface area contributed by atoms with Gasteiger partial charge in [-0.1, -0.05) is 0 Å². The number of likely N-dealkylation sites (tertiary alicyclic amines) is 1. The molecule has 5 nitrogen and oxygen atoms in total. The lowest BCUT2D eigenvalue weighted by atomic mass is 10.2. The first-order chi connectivity index (χ1) is 7.18. The van der Waals surface area contributed by atoms with Gasteiger partial charge in [-0.25, -0.2) is 0 Å². The highest BCUT2D eigenvalue weighted by Gasteiger charge is 2.35. The molecule has 0 spiro atoms. The van der Waals surface area contributed by atoms with Gasteiger partial charge in [0.05, 0.1) is 18.0 Å². The number of hydrogen-bond acceptors (Lipinski definition) is 5. The number of hydrogen-bond donors (Lipinski definition) is 1. The van der Waals surface area contributed by atoms with Crippen LogP contribution in [0, 0.1) is 0 Å². The second kappa shape index (κ2) is 4.08. The molecule has 1 unspecified atom stereocenters. The zero-order chi connectivity index (χ0) is 10.8. The summed E-state index contributed by atoms with van der Waals surface area (Å²) >= 11 is 1.53. The van der Waals surface area contributed by atoms with Crippen molar-refractivity contribution in [1.82, 2.24) is 15.2 Å². The highest BCUT2D eigenvalue weighted by atomic mass is 32.1. The Kier molecular flexibility index (Phi) is 2.79. The lowest BCUT2D eigenvalue weighted by molar-refractivity contribution is -0.137. The molecule has 1 aromatic rings. The van der Waals surface area contributed by atoms with Crippen LogP contribution in [0.2, 0.25) is 0 Å². The molecule has 1 fully saturated rings. The van der Waals surface area contributed by atoms with Crippen LogP contribution in [0.4, 0.5) is 0 Å². The standard InChI is InChI=1S/C9H11N3O2S/c1-12-8(13)2-7(9(12)14)11-4-6-3-10-5-15-6/h3,5,7,11H,2,4H2,1H3. The number of carbonyl (C=O) groups is 2. The van der Waals surface area contributed by atoms with Gasteiger partial charge in [-0.05, 0) is 0 Å². The molecule has 80 valence electrons. The van der Waals surface area contributed by atoms with Crippen LogP contribution in [-0.4, -0.2) is 34.8 Å². The van der Waals surface area contributed by atoms with Gasteiger partial charge in [0.1, 0.15) is 0 Å². The van der Waals surface area contributed by atoms with Crippen LogP contribution in [0.3, 0.4) is 0 Å². The molecule has 0 aliphatic carbocycles. The summed E-state index contributed by atoms with van der Waals surface area (Å²) in [5.41, 5.74) is 1.74. The van der Waals surface area contributed by atoms with Gasteiger partial charge < -0.3 is 5.32 Å².